The molecule has 0 aromatic carbocycles. The summed E-state index contributed by atoms with van der Waals surface area (Å²) in [6, 6.07) is 0.610. The van der Waals surface area contributed by atoms with Crippen LogP contribution < -0.4 is 5.73 Å². The number of hydrogen-bond acceptors (Lipinski definition) is 3. The van der Waals surface area contributed by atoms with Gasteiger partial charge in [0.1, 0.15) is 0 Å². The maximum Gasteiger partial charge on any atom is 0.0593 e. The van der Waals surface area contributed by atoms with E-state index in [0.717, 1.165) is 32.5 Å². The summed E-state index contributed by atoms with van der Waals surface area (Å²) in [6.45, 7) is 11.8. The van der Waals surface area contributed by atoms with Gasteiger partial charge in [0.2, 0.25) is 0 Å². The summed E-state index contributed by atoms with van der Waals surface area (Å²) in [6.07, 6.45) is 6.15. The van der Waals surface area contributed by atoms with Gasteiger partial charge in [-0.15, -0.1) is 0 Å². The van der Waals surface area contributed by atoms with E-state index >= 15 is 0 Å². The Balaban J connectivity index is 2.81. The highest BCUT2D eigenvalue weighted by atomic mass is 16.5. The molecule has 1 fully saturated rings. The molecular weight excluding hydrogens is 224 g/mol. The van der Waals surface area contributed by atoms with E-state index in [9.17, 15) is 0 Å². The van der Waals surface area contributed by atoms with E-state index in [2.05, 4.69) is 32.6 Å². The molecule has 3 atom stereocenters. The molecule has 0 bridgehead atoms. The van der Waals surface area contributed by atoms with Crippen molar-refractivity contribution in [1.82, 2.24) is 4.90 Å². The Labute approximate surface area is 113 Å². The van der Waals surface area contributed by atoms with Crippen molar-refractivity contribution < 1.29 is 4.74 Å². The van der Waals surface area contributed by atoms with Crippen molar-refractivity contribution in [3.63, 3.8) is 0 Å². The summed E-state index contributed by atoms with van der Waals surface area (Å²) < 4.78 is 5.90. The van der Waals surface area contributed by atoms with Crippen molar-refractivity contribution in [3.8, 4) is 0 Å². The molecule has 0 saturated carbocycles. The molecule has 0 spiro atoms. The molecule has 3 heteroatoms. The summed E-state index contributed by atoms with van der Waals surface area (Å²) in [5.41, 5.74) is 6.34. The highest BCUT2D eigenvalue weighted by molar-refractivity contribution is 4.97. The minimum absolute atomic E-state index is 0.169. The van der Waals surface area contributed by atoms with Gasteiger partial charge in [-0.3, -0.25) is 4.90 Å². The zero-order valence-corrected chi connectivity index (χ0v) is 12.7. The van der Waals surface area contributed by atoms with E-state index in [-0.39, 0.29) is 5.54 Å². The summed E-state index contributed by atoms with van der Waals surface area (Å²) in [7, 11) is 0. The Morgan fingerprint density at radius 1 is 1.39 bits per heavy atom. The van der Waals surface area contributed by atoms with Gasteiger partial charge in [-0.2, -0.15) is 0 Å². The maximum atomic E-state index is 6.17. The zero-order valence-electron chi connectivity index (χ0n) is 12.7. The minimum atomic E-state index is 0.169. The molecule has 1 aliphatic rings. The number of ether oxygens (including phenoxy) is 1. The van der Waals surface area contributed by atoms with Crippen molar-refractivity contribution in [2.45, 2.75) is 77.5 Å². The van der Waals surface area contributed by atoms with Gasteiger partial charge in [-0.25, -0.2) is 0 Å². The van der Waals surface area contributed by atoms with E-state index in [1.54, 1.807) is 0 Å². The molecule has 3 unspecified atom stereocenters. The average Bonchev–Trinajstić information content (AvgIpc) is 2.40. The van der Waals surface area contributed by atoms with Crippen LogP contribution in [0.4, 0.5) is 0 Å². The second-order valence-electron chi connectivity index (χ2n) is 5.71. The average molecular weight is 256 g/mol. The quantitative estimate of drug-likeness (QED) is 0.761. The lowest BCUT2D eigenvalue weighted by Gasteiger charge is -2.50. The third-order valence-corrected chi connectivity index (χ3v) is 4.59. The molecule has 0 aromatic rings. The SMILES string of the molecule is CCCC1CC(CN)(N(CC)C(C)CC)CCO1. The Kier molecular flexibility index (Phi) is 6.61. The molecule has 0 radical (unpaired) electrons. The number of rotatable bonds is 7. The van der Waals surface area contributed by atoms with Crippen molar-refractivity contribution in [3.05, 3.63) is 0 Å². The normalized spacial score (nSPS) is 30.7. The molecule has 2 N–H and O–H groups in total. The maximum absolute atomic E-state index is 6.17. The summed E-state index contributed by atoms with van der Waals surface area (Å²) in [5, 5.41) is 0. The van der Waals surface area contributed by atoms with Gasteiger partial charge >= 0.3 is 0 Å². The van der Waals surface area contributed by atoms with Crippen LogP contribution in [0.3, 0.4) is 0 Å². The van der Waals surface area contributed by atoms with Crippen LogP contribution in [0.5, 0.6) is 0 Å². The number of likely N-dealkylation sites (N-methyl/N-ethyl adjacent to an activating group) is 1. The topological polar surface area (TPSA) is 38.5 Å². The van der Waals surface area contributed by atoms with Crippen molar-refractivity contribution in [2.75, 3.05) is 19.7 Å². The number of hydrogen-bond donors (Lipinski definition) is 1. The van der Waals surface area contributed by atoms with Crippen LogP contribution in [-0.2, 0) is 4.74 Å². The minimum Gasteiger partial charge on any atom is -0.378 e. The third-order valence-electron chi connectivity index (χ3n) is 4.59. The van der Waals surface area contributed by atoms with E-state index in [0.29, 0.717) is 12.1 Å². The Hall–Kier alpha value is -0.120. The largest absolute Gasteiger partial charge is 0.378 e. The van der Waals surface area contributed by atoms with Crippen LogP contribution in [0.2, 0.25) is 0 Å². The molecule has 0 amide bonds. The van der Waals surface area contributed by atoms with Crippen molar-refractivity contribution in [1.29, 1.82) is 0 Å². The Bertz CT molecular complexity index is 233. The smallest absolute Gasteiger partial charge is 0.0593 e. The van der Waals surface area contributed by atoms with Crippen LogP contribution in [0, 0.1) is 0 Å². The first-order valence-corrected chi connectivity index (χ1v) is 7.71. The third kappa shape index (κ3) is 3.46. The predicted octanol–water partition coefficient (Wildman–Crippen LogP) is 2.78. The van der Waals surface area contributed by atoms with E-state index < -0.39 is 0 Å². The van der Waals surface area contributed by atoms with E-state index in [1.807, 2.05) is 0 Å². The molecule has 0 aromatic heterocycles. The fraction of sp³-hybridized carbons (Fsp3) is 1.00. The number of nitrogens with two attached hydrogens (primary N) is 1. The molecule has 0 aliphatic carbocycles. The fourth-order valence-electron chi connectivity index (χ4n) is 3.41. The summed E-state index contributed by atoms with van der Waals surface area (Å²) >= 11 is 0. The Morgan fingerprint density at radius 3 is 2.61 bits per heavy atom. The molecular formula is C15H32N2O. The van der Waals surface area contributed by atoms with Gasteiger partial charge in [0.25, 0.3) is 0 Å². The monoisotopic (exact) mass is 256 g/mol. The summed E-state index contributed by atoms with van der Waals surface area (Å²) in [5.74, 6) is 0. The van der Waals surface area contributed by atoms with E-state index in [4.69, 9.17) is 10.5 Å². The van der Waals surface area contributed by atoms with Gasteiger partial charge in [0, 0.05) is 24.7 Å². The van der Waals surface area contributed by atoms with Gasteiger partial charge in [0.15, 0.2) is 0 Å². The van der Waals surface area contributed by atoms with Crippen LogP contribution in [0.1, 0.15) is 59.8 Å². The first-order valence-electron chi connectivity index (χ1n) is 7.71. The first kappa shape index (κ1) is 15.9. The Morgan fingerprint density at radius 2 is 2.11 bits per heavy atom. The molecule has 1 aliphatic heterocycles. The van der Waals surface area contributed by atoms with Gasteiger partial charge in [0.05, 0.1) is 6.10 Å². The van der Waals surface area contributed by atoms with Crippen LogP contribution in [0.25, 0.3) is 0 Å². The van der Waals surface area contributed by atoms with Gasteiger partial charge < -0.3 is 10.5 Å². The predicted molar refractivity (Wildman–Crippen MR) is 77.8 cm³/mol. The zero-order chi connectivity index (χ0) is 13.6. The lowest BCUT2D eigenvalue weighted by molar-refractivity contribution is -0.0832. The van der Waals surface area contributed by atoms with Crippen LogP contribution >= 0.6 is 0 Å². The fourth-order valence-corrected chi connectivity index (χ4v) is 3.41. The van der Waals surface area contributed by atoms with E-state index in [1.165, 1.54) is 19.3 Å². The highest BCUT2D eigenvalue weighted by Gasteiger charge is 2.41. The van der Waals surface area contributed by atoms with Crippen LogP contribution in [0.15, 0.2) is 0 Å². The van der Waals surface area contributed by atoms with Crippen molar-refractivity contribution >= 4 is 0 Å². The standard InChI is InChI=1S/C15H32N2O/c1-5-8-14-11-15(12-16,9-10-18-14)17(7-3)13(4)6-2/h13-14H,5-12,16H2,1-4H3. The second-order valence-corrected chi connectivity index (χ2v) is 5.71. The molecule has 108 valence electrons. The van der Waals surface area contributed by atoms with Crippen molar-refractivity contribution in [2.24, 2.45) is 5.73 Å². The molecule has 1 heterocycles. The lowest BCUT2D eigenvalue weighted by Crippen LogP contribution is -2.60. The second kappa shape index (κ2) is 7.46. The lowest BCUT2D eigenvalue weighted by atomic mass is 9.82. The van der Waals surface area contributed by atoms with Gasteiger partial charge in [-0.05, 0) is 39.2 Å². The highest BCUT2D eigenvalue weighted by Crippen LogP contribution is 2.33. The number of nitrogens with zero attached hydrogens (tertiary/aromatic N) is 1. The molecule has 3 nitrogen and oxygen atoms in total. The molecule has 1 rings (SSSR count). The molecule has 1 saturated heterocycles. The van der Waals surface area contributed by atoms with Gasteiger partial charge in [-0.1, -0.05) is 27.2 Å². The molecule has 18 heavy (non-hydrogen) atoms. The van der Waals surface area contributed by atoms with Crippen LogP contribution in [-0.4, -0.2) is 42.3 Å². The summed E-state index contributed by atoms with van der Waals surface area (Å²) in [4.78, 5) is 2.62. The first-order chi connectivity index (χ1) is 8.63.